The van der Waals surface area contributed by atoms with Gasteiger partial charge in [0.05, 0.1) is 26.5 Å². The number of carbonyl (C=O) groups is 1. The van der Waals surface area contributed by atoms with Crippen LogP contribution in [0.1, 0.15) is 17.4 Å². The van der Waals surface area contributed by atoms with E-state index in [0.717, 1.165) is 29.9 Å². The van der Waals surface area contributed by atoms with E-state index < -0.39 is 0 Å². The molecule has 5 rings (SSSR count). The summed E-state index contributed by atoms with van der Waals surface area (Å²) in [5.74, 6) is 1.21. The minimum Gasteiger partial charge on any atom is -0.479 e. The molecule has 0 aromatic carbocycles. The molecule has 10 heteroatoms. The molecule has 1 atom stereocenters. The summed E-state index contributed by atoms with van der Waals surface area (Å²) in [6.07, 6.45) is 5.31. The molecule has 0 radical (unpaired) electrons. The summed E-state index contributed by atoms with van der Waals surface area (Å²) in [4.78, 5) is 21.0. The number of imidazole rings is 1. The maximum Gasteiger partial charge on any atom is 0.269 e. The number of anilines is 1. The number of aromatic nitrogens is 5. The molecule has 1 aliphatic heterocycles. The first-order valence-corrected chi connectivity index (χ1v) is 10.1. The molecule has 4 aromatic heterocycles. The quantitative estimate of drug-likeness (QED) is 0.489. The molecule has 4 aromatic rings. The van der Waals surface area contributed by atoms with E-state index in [1.807, 2.05) is 30.6 Å². The van der Waals surface area contributed by atoms with E-state index in [-0.39, 0.29) is 11.9 Å². The summed E-state index contributed by atoms with van der Waals surface area (Å²) in [6.45, 7) is 3.59. The largest absolute Gasteiger partial charge is 0.479 e. The number of methoxy groups -OCH3 is 1. The first-order chi connectivity index (χ1) is 15.1. The van der Waals surface area contributed by atoms with Gasteiger partial charge < -0.3 is 20.1 Å². The van der Waals surface area contributed by atoms with Crippen molar-refractivity contribution in [1.29, 1.82) is 0 Å². The van der Waals surface area contributed by atoms with E-state index in [9.17, 15) is 4.79 Å². The molecule has 0 unspecified atom stereocenters. The molecule has 1 saturated heterocycles. The minimum atomic E-state index is -0.200. The Labute approximate surface area is 178 Å². The van der Waals surface area contributed by atoms with Crippen LogP contribution >= 0.6 is 0 Å². The van der Waals surface area contributed by atoms with Crippen molar-refractivity contribution in [2.75, 3.05) is 32.7 Å². The monoisotopic (exact) mass is 421 g/mol. The molecule has 0 saturated carbocycles. The number of carbonyl (C=O) groups excluding carboxylic acids is 1. The molecule has 1 amide bonds. The van der Waals surface area contributed by atoms with E-state index in [1.165, 1.54) is 0 Å². The lowest BCUT2D eigenvalue weighted by Gasteiger charge is -2.31. The Morgan fingerprint density at radius 2 is 2.16 bits per heavy atom. The van der Waals surface area contributed by atoms with E-state index in [4.69, 9.17) is 9.47 Å². The Balaban J connectivity index is 1.56. The lowest BCUT2D eigenvalue weighted by atomic mass is 10.0. The highest BCUT2D eigenvalue weighted by molar-refractivity contribution is 5.93. The lowest BCUT2D eigenvalue weighted by molar-refractivity contribution is -0.0380. The van der Waals surface area contributed by atoms with Crippen LogP contribution in [0.3, 0.4) is 0 Å². The van der Waals surface area contributed by atoms with Crippen LogP contribution in [0.4, 0.5) is 5.95 Å². The van der Waals surface area contributed by atoms with E-state index in [0.29, 0.717) is 29.1 Å². The minimum absolute atomic E-state index is 0.192. The second kappa shape index (κ2) is 7.55. The van der Waals surface area contributed by atoms with Crippen LogP contribution in [0.15, 0.2) is 36.8 Å². The molecule has 1 aliphatic rings. The van der Waals surface area contributed by atoms with Gasteiger partial charge in [-0.05, 0) is 25.1 Å². The Morgan fingerprint density at radius 3 is 2.87 bits per heavy atom. The van der Waals surface area contributed by atoms with Crippen molar-refractivity contribution < 1.29 is 14.3 Å². The zero-order chi connectivity index (χ0) is 21.5. The van der Waals surface area contributed by atoms with Crippen molar-refractivity contribution in [1.82, 2.24) is 29.3 Å². The second-order valence-corrected chi connectivity index (χ2v) is 7.57. The van der Waals surface area contributed by atoms with Crippen molar-refractivity contribution in [2.45, 2.75) is 13.0 Å². The van der Waals surface area contributed by atoms with Crippen molar-refractivity contribution in [3.8, 4) is 17.0 Å². The fourth-order valence-electron chi connectivity index (χ4n) is 3.73. The third-order valence-electron chi connectivity index (χ3n) is 5.68. The van der Waals surface area contributed by atoms with E-state index >= 15 is 0 Å². The van der Waals surface area contributed by atoms with Gasteiger partial charge in [0.15, 0.2) is 0 Å². The predicted molar refractivity (Wildman–Crippen MR) is 115 cm³/mol. The van der Waals surface area contributed by atoms with Crippen LogP contribution in [-0.4, -0.2) is 63.3 Å². The number of hydrogen-bond donors (Lipinski definition) is 2. The average molecular weight is 421 g/mol. The Hall–Kier alpha value is -3.66. The summed E-state index contributed by atoms with van der Waals surface area (Å²) in [6, 6.07) is 5.97. The molecular formula is C21H23N7O3. The smallest absolute Gasteiger partial charge is 0.269 e. The van der Waals surface area contributed by atoms with Crippen LogP contribution in [0.2, 0.25) is 0 Å². The van der Waals surface area contributed by atoms with Crippen LogP contribution in [0, 0.1) is 5.92 Å². The van der Waals surface area contributed by atoms with Crippen LogP contribution in [0.5, 0.6) is 5.88 Å². The topological polar surface area (TPSA) is 107 Å². The molecule has 10 nitrogen and oxygen atoms in total. The van der Waals surface area contributed by atoms with Crippen molar-refractivity contribution in [3.05, 3.63) is 42.5 Å². The molecule has 31 heavy (non-hydrogen) atoms. The van der Waals surface area contributed by atoms with Gasteiger partial charge in [-0.15, -0.1) is 5.10 Å². The Bertz CT molecular complexity index is 1270. The third kappa shape index (κ3) is 3.25. The predicted octanol–water partition coefficient (Wildman–Crippen LogP) is 1.86. The van der Waals surface area contributed by atoms with Crippen molar-refractivity contribution in [2.24, 2.45) is 5.92 Å². The molecule has 160 valence electrons. The number of nitrogens with one attached hydrogen (secondary N) is 2. The first kappa shape index (κ1) is 19.3. The van der Waals surface area contributed by atoms with Gasteiger partial charge in [-0.25, -0.2) is 9.50 Å². The first-order valence-electron chi connectivity index (χ1n) is 10.1. The number of hydrogen-bond acceptors (Lipinski definition) is 7. The molecule has 1 fully saturated rings. The highest BCUT2D eigenvalue weighted by atomic mass is 16.5. The van der Waals surface area contributed by atoms with Crippen LogP contribution < -0.4 is 15.4 Å². The van der Waals surface area contributed by atoms with E-state index in [1.54, 1.807) is 29.3 Å². The zero-order valence-electron chi connectivity index (χ0n) is 17.5. The fourth-order valence-corrected chi connectivity index (χ4v) is 3.73. The van der Waals surface area contributed by atoms with Crippen molar-refractivity contribution in [3.63, 3.8) is 0 Å². The molecule has 0 aliphatic carbocycles. The summed E-state index contributed by atoms with van der Waals surface area (Å²) in [5.41, 5.74) is 3.68. The molecule has 0 spiro atoms. The standard InChI is InChI=1S/C21H23N7O3/c1-12(14-10-31-11-14)24-21-25-20(30-3)18-15(6-7-28(18)26-21)13-4-5-17-23-8-16(19(29)22-2)27(17)9-13/h4-9,12,14H,10-11H2,1-3H3,(H,22,29)(H,24,26)/t12-/m0/s1. The van der Waals surface area contributed by atoms with Gasteiger partial charge in [0.25, 0.3) is 5.91 Å². The zero-order valence-corrected chi connectivity index (χ0v) is 17.5. The summed E-state index contributed by atoms with van der Waals surface area (Å²) >= 11 is 0. The van der Waals surface area contributed by atoms with Gasteiger partial charge in [0, 0.05) is 42.5 Å². The normalized spacial score (nSPS) is 15.1. The lowest BCUT2D eigenvalue weighted by Crippen LogP contribution is -2.40. The number of pyridine rings is 1. The SMILES string of the molecule is CNC(=O)c1cnc2ccc(-c3ccn4nc(N[C@@H](C)C5COC5)nc(OC)c34)cn12. The highest BCUT2D eigenvalue weighted by Crippen LogP contribution is 2.32. The number of nitrogens with zero attached hydrogens (tertiary/aromatic N) is 5. The number of amides is 1. The molecule has 0 bridgehead atoms. The van der Waals surface area contributed by atoms with Gasteiger partial charge in [-0.2, -0.15) is 4.98 Å². The van der Waals surface area contributed by atoms with Gasteiger partial charge in [-0.3, -0.25) is 9.20 Å². The average Bonchev–Trinajstić information content (AvgIpc) is 3.35. The Kier molecular flexibility index (Phi) is 4.70. The number of fused-ring (bicyclic) bond motifs is 2. The molecule has 5 heterocycles. The number of rotatable bonds is 6. The molecule has 2 N–H and O–H groups in total. The Morgan fingerprint density at radius 1 is 1.32 bits per heavy atom. The highest BCUT2D eigenvalue weighted by Gasteiger charge is 2.26. The molecular weight excluding hydrogens is 398 g/mol. The maximum absolute atomic E-state index is 12.2. The summed E-state index contributed by atoms with van der Waals surface area (Å²) in [7, 11) is 3.19. The summed E-state index contributed by atoms with van der Waals surface area (Å²) in [5, 5.41) is 10.6. The van der Waals surface area contributed by atoms with Crippen molar-refractivity contribution >= 4 is 23.0 Å². The third-order valence-corrected chi connectivity index (χ3v) is 5.68. The van der Waals surface area contributed by atoms with Gasteiger partial charge in [0.1, 0.15) is 16.9 Å². The van der Waals surface area contributed by atoms with Crippen LogP contribution in [0.25, 0.3) is 22.3 Å². The fraction of sp³-hybridized carbons (Fsp3) is 0.333. The van der Waals surface area contributed by atoms with Gasteiger partial charge >= 0.3 is 0 Å². The van der Waals surface area contributed by atoms with Gasteiger partial charge in [-0.1, -0.05) is 0 Å². The van der Waals surface area contributed by atoms with Gasteiger partial charge in [0.2, 0.25) is 11.8 Å². The second-order valence-electron chi connectivity index (χ2n) is 7.57. The number of ether oxygens (including phenoxy) is 2. The van der Waals surface area contributed by atoms with E-state index in [2.05, 4.69) is 32.6 Å². The van der Waals surface area contributed by atoms with Crippen LogP contribution in [-0.2, 0) is 4.74 Å². The maximum atomic E-state index is 12.2. The summed E-state index contributed by atoms with van der Waals surface area (Å²) < 4.78 is 14.4.